The molecule has 1 nitrogen and oxygen atoms in total. The van der Waals surface area contributed by atoms with Crippen LogP contribution >= 0.6 is 0 Å². The number of hydrogen-bond acceptors (Lipinski definition) is 1. The molecule has 0 saturated heterocycles. The fourth-order valence-corrected chi connectivity index (χ4v) is 1.42. The van der Waals surface area contributed by atoms with Crippen molar-refractivity contribution in [2.75, 3.05) is 19.6 Å². The summed E-state index contributed by atoms with van der Waals surface area (Å²) in [4.78, 5) is 2.44. The largest absolute Gasteiger partial charge is 0.292 e. The zero-order chi connectivity index (χ0) is 10.6. The minimum Gasteiger partial charge on any atom is -0.292 e. The van der Waals surface area contributed by atoms with E-state index in [0.29, 0.717) is 0 Å². The van der Waals surface area contributed by atoms with Crippen LogP contribution in [0.2, 0.25) is 0 Å². The lowest BCUT2D eigenvalue weighted by Gasteiger charge is -2.17. The molecule has 0 fully saturated rings. The van der Waals surface area contributed by atoms with Gasteiger partial charge in [-0.25, -0.2) is 0 Å². The third kappa shape index (κ3) is 8.13. The summed E-state index contributed by atoms with van der Waals surface area (Å²) in [5, 5.41) is 0. The normalized spacial score (nSPS) is 10.0. The van der Waals surface area contributed by atoms with Crippen molar-refractivity contribution in [2.24, 2.45) is 0 Å². The van der Waals surface area contributed by atoms with E-state index < -0.39 is 0 Å². The number of rotatable bonds is 7. The molecule has 0 heterocycles. The van der Waals surface area contributed by atoms with E-state index in [2.05, 4.69) is 37.5 Å². The number of hydrogen-bond donors (Lipinski definition) is 0. The van der Waals surface area contributed by atoms with Crippen molar-refractivity contribution in [1.29, 1.82) is 0 Å². The van der Waals surface area contributed by atoms with Crippen LogP contribution in [-0.2, 0) is 0 Å². The zero-order valence-electron chi connectivity index (χ0n) is 10.1. The van der Waals surface area contributed by atoms with Gasteiger partial charge in [0.1, 0.15) is 0 Å². The lowest BCUT2D eigenvalue weighted by atomic mass is 10.2. The van der Waals surface area contributed by atoms with Crippen LogP contribution in [0.5, 0.6) is 0 Å². The lowest BCUT2D eigenvalue weighted by Crippen LogP contribution is -2.25. The van der Waals surface area contributed by atoms with Gasteiger partial charge in [0.15, 0.2) is 0 Å². The quantitative estimate of drug-likeness (QED) is 0.445. The molecule has 0 N–H and O–H groups in total. The van der Waals surface area contributed by atoms with Gasteiger partial charge in [0.2, 0.25) is 0 Å². The highest BCUT2D eigenvalue weighted by atomic mass is 15.1. The van der Waals surface area contributed by atoms with E-state index in [9.17, 15) is 0 Å². The van der Waals surface area contributed by atoms with Gasteiger partial charge in [-0.15, -0.1) is 5.92 Å². The molecule has 1 heteroatoms. The molecule has 14 heavy (non-hydrogen) atoms. The van der Waals surface area contributed by atoms with Crippen LogP contribution in [0.25, 0.3) is 0 Å². The monoisotopic (exact) mass is 195 g/mol. The van der Waals surface area contributed by atoms with E-state index in [1.54, 1.807) is 0 Å². The molecule has 0 aromatic rings. The van der Waals surface area contributed by atoms with Crippen LogP contribution in [0.15, 0.2) is 0 Å². The summed E-state index contributed by atoms with van der Waals surface area (Å²) in [5.74, 6) is 6.51. The van der Waals surface area contributed by atoms with Gasteiger partial charge in [0, 0.05) is 6.42 Å². The Morgan fingerprint density at radius 1 is 0.857 bits per heavy atom. The maximum Gasteiger partial charge on any atom is 0.0601 e. The first-order chi connectivity index (χ1) is 6.85. The molecule has 0 aromatic heterocycles. The molecule has 0 spiro atoms. The first-order valence-corrected chi connectivity index (χ1v) is 6.03. The maximum atomic E-state index is 3.27. The Kier molecular flexibility index (Phi) is 10.2. The minimum absolute atomic E-state index is 0.964. The van der Waals surface area contributed by atoms with Crippen molar-refractivity contribution in [3.05, 3.63) is 0 Å². The van der Waals surface area contributed by atoms with Crippen molar-refractivity contribution in [2.45, 2.75) is 52.9 Å². The highest BCUT2D eigenvalue weighted by Crippen LogP contribution is 1.94. The molecule has 0 aliphatic rings. The Morgan fingerprint density at radius 3 is 2.00 bits per heavy atom. The van der Waals surface area contributed by atoms with Gasteiger partial charge >= 0.3 is 0 Å². The average molecular weight is 195 g/mol. The van der Waals surface area contributed by atoms with Crippen molar-refractivity contribution >= 4 is 0 Å². The molecule has 0 saturated carbocycles. The lowest BCUT2D eigenvalue weighted by molar-refractivity contribution is 0.308. The smallest absolute Gasteiger partial charge is 0.0601 e. The summed E-state index contributed by atoms with van der Waals surface area (Å²) >= 11 is 0. The van der Waals surface area contributed by atoms with Crippen LogP contribution < -0.4 is 0 Å². The molecule has 0 radical (unpaired) electrons. The van der Waals surface area contributed by atoms with Gasteiger partial charge in [0.05, 0.1) is 6.54 Å². The molecule has 0 aromatic carbocycles. The minimum atomic E-state index is 0.964. The third-order valence-electron chi connectivity index (χ3n) is 2.16. The molecular weight excluding hydrogens is 170 g/mol. The highest BCUT2D eigenvalue weighted by Gasteiger charge is 1.98. The van der Waals surface area contributed by atoms with Gasteiger partial charge in [-0.05, 0) is 32.4 Å². The Hall–Kier alpha value is -0.480. The third-order valence-corrected chi connectivity index (χ3v) is 2.16. The summed E-state index contributed by atoms with van der Waals surface area (Å²) in [6, 6.07) is 0. The Morgan fingerprint density at radius 2 is 1.50 bits per heavy atom. The van der Waals surface area contributed by atoms with Crippen LogP contribution in [0, 0.1) is 11.8 Å². The Labute approximate surface area is 89.9 Å². The van der Waals surface area contributed by atoms with Gasteiger partial charge < -0.3 is 0 Å². The number of unbranched alkanes of at least 4 members (excludes halogenated alkanes) is 2. The van der Waals surface area contributed by atoms with Gasteiger partial charge in [0.25, 0.3) is 0 Å². The first kappa shape index (κ1) is 13.5. The van der Waals surface area contributed by atoms with Crippen molar-refractivity contribution in [3.63, 3.8) is 0 Å². The molecule has 0 aliphatic heterocycles. The highest BCUT2D eigenvalue weighted by molar-refractivity contribution is 5.00. The summed E-state index contributed by atoms with van der Waals surface area (Å²) in [6.45, 7) is 10.0. The number of nitrogens with zero attached hydrogens (tertiary/aromatic N) is 1. The van der Waals surface area contributed by atoms with Gasteiger partial charge in [-0.2, -0.15) is 0 Å². The summed E-state index contributed by atoms with van der Waals surface area (Å²) < 4.78 is 0. The van der Waals surface area contributed by atoms with Crippen molar-refractivity contribution < 1.29 is 0 Å². The molecule has 0 unspecified atom stereocenters. The van der Waals surface area contributed by atoms with E-state index in [-0.39, 0.29) is 0 Å². The molecule has 0 atom stereocenters. The summed E-state index contributed by atoms with van der Waals surface area (Å²) in [7, 11) is 0. The molecule has 0 aliphatic carbocycles. The van der Waals surface area contributed by atoms with Gasteiger partial charge in [-0.1, -0.05) is 33.1 Å². The summed E-state index contributed by atoms with van der Waals surface area (Å²) in [6.07, 6.45) is 6.03. The van der Waals surface area contributed by atoms with E-state index in [1.807, 2.05) is 0 Å². The summed E-state index contributed by atoms with van der Waals surface area (Å²) in [5.41, 5.74) is 0. The fraction of sp³-hybridized carbons (Fsp3) is 0.846. The molecule has 0 rings (SSSR count). The average Bonchev–Trinajstić information content (AvgIpc) is 2.18. The van der Waals surface area contributed by atoms with E-state index >= 15 is 0 Å². The van der Waals surface area contributed by atoms with E-state index in [0.717, 1.165) is 13.0 Å². The second kappa shape index (κ2) is 10.6. The van der Waals surface area contributed by atoms with Crippen LogP contribution in [0.3, 0.4) is 0 Å². The van der Waals surface area contributed by atoms with E-state index in [1.165, 1.54) is 38.8 Å². The topological polar surface area (TPSA) is 3.24 Å². The van der Waals surface area contributed by atoms with Crippen LogP contribution in [0.1, 0.15) is 52.9 Å². The zero-order valence-corrected chi connectivity index (χ0v) is 10.1. The van der Waals surface area contributed by atoms with Crippen molar-refractivity contribution in [3.8, 4) is 11.8 Å². The predicted molar refractivity (Wildman–Crippen MR) is 64.3 cm³/mol. The molecule has 0 amide bonds. The Balaban J connectivity index is 3.60. The van der Waals surface area contributed by atoms with Gasteiger partial charge in [-0.3, -0.25) is 4.90 Å². The molecule has 82 valence electrons. The Bertz CT molecular complexity index is 158. The van der Waals surface area contributed by atoms with Crippen LogP contribution in [0.4, 0.5) is 0 Å². The SMILES string of the molecule is CCCCC#CCN(CCC)CCC. The standard InChI is InChI=1S/C13H25N/c1-4-7-8-9-10-13-14(11-5-2)12-6-3/h4-8,11-13H2,1-3H3. The molecule has 0 bridgehead atoms. The maximum absolute atomic E-state index is 3.27. The second-order valence-electron chi connectivity index (χ2n) is 3.73. The van der Waals surface area contributed by atoms with Crippen LogP contribution in [-0.4, -0.2) is 24.5 Å². The first-order valence-electron chi connectivity index (χ1n) is 6.03. The van der Waals surface area contributed by atoms with E-state index in [4.69, 9.17) is 0 Å². The fourth-order valence-electron chi connectivity index (χ4n) is 1.42. The predicted octanol–water partition coefficient (Wildman–Crippen LogP) is 3.30. The molecular formula is C13H25N. The van der Waals surface area contributed by atoms with Crippen molar-refractivity contribution in [1.82, 2.24) is 4.90 Å². The second-order valence-corrected chi connectivity index (χ2v) is 3.73.